The van der Waals surface area contributed by atoms with Crippen molar-refractivity contribution in [1.29, 1.82) is 0 Å². The number of alkyl halides is 2. The predicted molar refractivity (Wildman–Crippen MR) is 80.1 cm³/mol. The number of halogens is 2. The quantitative estimate of drug-likeness (QED) is 0.847. The van der Waals surface area contributed by atoms with E-state index in [0.29, 0.717) is 6.42 Å². The average molecular weight is 315 g/mol. The maximum absolute atomic E-state index is 12.2. The van der Waals surface area contributed by atoms with Gasteiger partial charge in [-0.15, -0.1) is 34.5 Å². The number of aryl methyl sites for hydroxylation is 1. The molecule has 100 valence electrons. The molecule has 1 N–H and O–H groups in total. The molecule has 0 bridgehead atoms. The lowest BCUT2D eigenvalue weighted by molar-refractivity contribution is -0.120. The van der Waals surface area contributed by atoms with Gasteiger partial charge in [0, 0.05) is 5.69 Å². The molecule has 2 aromatic rings. The Labute approximate surface area is 124 Å². The molecule has 1 saturated carbocycles. The minimum Gasteiger partial charge on any atom is -0.325 e. The van der Waals surface area contributed by atoms with Crippen LogP contribution in [0.3, 0.4) is 0 Å². The van der Waals surface area contributed by atoms with E-state index in [-0.39, 0.29) is 5.91 Å². The second-order valence-corrected chi connectivity index (χ2v) is 7.80. The Kier molecular flexibility index (Phi) is 2.82. The molecule has 3 nitrogen and oxygen atoms in total. The first-order chi connectivity index (χ1) is 8.82. The SMILES string of the molecule is Cc1nc2ccc(NC(=O)C3(C)CC3(Cl)Cl)cc2s1. The van der Waals surface area contributed by atoms with Crippen LogP contribution in [0, 0.1) is 12.3 Å². The van der Waals surface area contributed by atoms with Crippen molar-refractivity contribution in [1.82, 2.24) is 4.98 Å². The van der Waals surface area contributed by atoms with Crippen LogP contribution in [0.2, 0.25) is 0 Å². The Balaban J connectivity index is 1.84. The summed E-state index contributed by atoms with van der Waals surface area (Å²) in [6, 6.07) is 5.67. The molecule has 0 aliphatic heterocycles. The number of thiazole rings is 1. The number of nitrogens with one attached hydrogen (secondary N) is 1. The summed E-state index contributed by atoms with van der Waals surface area (Å²) in [5.41, 5.74) is 0.995. The number of carbonyl (C=O) groups excluding carboxylic acids is 1. The monoisotopic (exact) mass is 314 g/mol. The standard InChI is InChI=1S/C13H12Cl2N2OS/c1-7-16-9-4-3-8(5-10(9)19-7)17-11(18)12(2)6-13(12,14)15/h3-5H,6H2,1-2H3,(H,17,18). The molecule has 6 heteroatoms. The van der Waals surface area contributed by atoms with E-state index in [0.717, 1.165) is 20.9 Å². The minimum atomic E-state index is -0.942. The molecule has 1 aliphatic carbocycles. The van der Waals surface area contributed by atoms with Crippen LogP contribution < -0.4 is 5.32 Å². The van der Waals surface area contributed by atoms with E-state index in [1.807, 2.05) is 25.1 Å². The largest absolute Gasteiger partial charge is 0.325 e. The molecule has 0 spiro atoms. The summed E-state index contributed by atoms with van der Waals surface area (Å²) in [6.07, 6.45) is 0.483. The highest BCUT2D eigenvalue weighted by atomic mass is 35.5. The van der Waals surface area contributed by atoms with E-state index in [1.165, 1.54) is 0 Å². The van der Waals surface area contributed by atoms with E-state index in [1.54, 1.807) is 18.3 Å². The Morgan fingerprint density at radius 3 is 2.79 bits per heavy atom. The van der Waals surface area contributed by atoms with Gasteiger partial charge in [0.05, 0.1) is 20.6 Å². The van der Waals surface area contributed by atoms with Gasteiger partial charge in [-0.05, 0) is 38.5 Å². The number of carbonyl (C=O) groups is 1. The molecule has 1 unspecified atom stereocenters. The minimum absolute atomic E-state index is 0.141. The van der Waals surface area contributed by atoms with Crippen molar-refractivity contribution in [3.05, 3.63) is 23.2 Å². The number of fused-ring (bicyclic) bond motifs is 1. The molecule has 0 saturated heterocycles. The third-order valence-electron chi connectivity index (χ3n) is 3.51. The van der Waals surface area contributed by atoms with Crippen molar-refractivity contribution < 1.29 is 4.79 Å². The van der Waals surface area contributed by atoms with Gasteiger partial charge < -0.3 is 5.32 Å². The van der Waals surface area contributed by atoms with Crippen molar-refractivity contribution in [3.63, 3.8) is 0 Å². The summed E-state index contributed by atoms with van der Waals surface area (Å²) in [5.74, 6) is -0.141. The summed E-state index contributed by atoms with van der Waals surface area (Å²) < 4.78 is 0.113. The van der Waals surface area contributed by atoms with Crippen molar-refractivity contribution >= 4 is 56.3 Å². The van der Waals surface area contributed by atoms with Crippen molar-refractivity contribution in [2.75, 3.05) is 5.32 Å². The first-order valence-electron chi connectivity index (χ1n) is 5.88. The van der Waals surface area contributed by atoms with Crippen molar-refractivity contribution in [3.8, 4) is 0 Å². The summed E-state index contributed by atoms with van der Waals surface area (Å²) in [4.78, 5) is 16.5. The Hall–Kier alpha value is -0.840. The molecule has 1 heterocycles. The zero-order valence-corrected chi connectivity index (χ0v) is 12.8. The van der Waals surface area contributed by atoms with Gasteiger partial charge in [-0.2, -0.15) is 0 Å². The maximum atomic E-state index is 12.2. The zero-order valence-electron chi connectivity index (χ0n) is 10.5. The normalized spacial score (nSPS) is 24.4. The number of aromatic nitrogens is 1. The molecule has 1 atom stereocenters. The first-order valence-corrected chi connectivity index (χ1v) is 7.46. The molecule has 1 fully saturated rings. The number of rotatable bonds is 2. The lowest BCUT2D eigenvalue weighted by Crippen LogP contribution is -2.25. The highest BCUT2D eigenvalue weighted by Crippen LogP contribution is 2.64. The topological polar surface area (TPSA) is 42.0 Å². The lowest BCUT2D eigenvalue weighted by atomic mass is 10.1. The Morgan fingerprint density at radius 1 is 1.47 bits per heavy atom. The summed E-state index contributed by atoms with van der Waals surface area (Å²) >= 11 is 13.6. The van der Waals surface area contributed by atoms with Gasteiger partial charge >= 0.3 is 0 Å². The van der Waals surface area contributed by atoms with Crippen LogP contribution in [0.15, 0.2) is 18.2 Å². The van der Waals surface area contributed by atoms with Crippen LogP contribution >= 0.6 is 34.5 Å². The number of nitrogens with zero attached hydrogens (tertiary/aromatic N) is 1. The van der Waals surface area contributed by atoms with Crippen molar-refractivity contribution in [2.45, 2.75) is 24.6 Å². The molecule has 1 aromatic carbocycles. The molecular weight excluding hydrogens is 303 g/mol. The average Bonchev–Trinajstić information content (AvgIpc) is 2.66. The smallest absolute Gasteiger partial charge is 0.233 e. The van der Waals surface area contributed by atoms with Crippen molar-refractivity contribution in [2.24, 2.45) is 5.41 Å². The van der Waals surface area contributed by atoms with Crippen LogP contribution in [-0.4, -0.2) is 15.2 Å². The van der Waals surface area contributed by atoms with Gasteiger partial charge in [0.1, 0.15) is 4.33 Å². The van der Waals surface area contributed by atoms with Crippen LogP contribution in [0.5, 0.6) is 0 Å². The summed E-state index contributed by atoms with van der Waals surface area (Å²) in [7, 11) is 0. The van der Waals surface area contributed by atoms with E-state index in [9.17, 15) is 4.79 Å². The third-order valence-corrected chi connectivity index (χ3v) is 5.55. The maximum Gasteiger partial charge on any atom is 0.233 e. The zero-order chi connectivity index (χ0) is 13.8. The van der Waals surface area contributed by atoms with Gasteiger partial charge in [0.25, 0.3) is 0 Å². The third kappa shape index (κ3) is 2.12. The second kappa shape index (κ2) is 4.08. The molecule has 1 amide bonds. The highest BCUT2D eigenvalue weighted by Gasteiger charge is 2.67. The van der Waals surface area contributed by atoms with Crippen LogP contribution in [0.1, 0.15) is 18.4 Å². The van der Waals surface area contributed by atoms with E-state index in [4.69, 9.17) is 23.2 Å². The van der Waals surface area contributed by atoms with Crippen LogP contribution in [0.4, 0.5) is 5.69 Å². The number of amides is 1. The molecule has 0 radical (unpaired) electrons. The summed E-state index contributed by atoms with van der Waals surface area (Å²) in [6.45, 7) is 3.74. The number of hydrogen-bond acceptors (Lipinski definition) is 3. The van der Waals surface area contributed by atoms with Gasteiger partial charge in [-0.3, -0.25) is 4.79 Å². The Morgan fingerprint density at radius 2 is 2.16 bits per heavy atom. The van der Waals surface area contributed by atoms with Gasteiger partial charge in [-0.1, -0.05) is 0 Å². The predicted octanol–water partition coefficient (Wildman–Crippen LogP) is 4.13. The van der Waals surface area contributed by atoms with E-state index >= 15 is 0 Å². The molecular formula is C13H12Cl2N2OS. The molecule has 1 aromatic heterocycles. The number of benzene rings is 1. The van der Waals surface area contributed by atoms with Gasteiger partial charge in [0.15, 0.2) is 0 Å². The Bertz CT molecular complexity index is 682. The fourth-order valence-corrected chi connectivity index (χ4v) is 3.61. The number of anilines is 1. The molecule has 1 aliphatic rings. The first kappa shape index (κ1) is 13.2. The van der Waals surface area contributed by atoms with Gasteiger partial charge in [0.2, 0.25) is 5.91 Å². The van der Waals surface area contributed by atoms with E-state index < -0.39 is 9.75 Å². The fourth-order valence-electron chi connectivity index (χ4n) is 2.03. The highest BCUT2D eigenvalue weighted by molar-refractivity contribution is 7.18. The molecule has 19 heavy (non-hydrogen) atoms. The molecule has 3 rings (SSSR count). The van der Waals surface area contributed by atoms with Gasteiger partial charge in [-0.25, -0.2) is 4.98 Å². The van der Waals surface area contributed by atoms with E-state index in [2.05, 4.69) is 10.3 Å². The summed E-state index contributed by atoms with van der Waals surface area (Å²) in [5, 5.41) is 3.88. The van der Waals surface area contributed by atoms with Crippen LogP contribution in [0.25, 0.3) is 10.2 Å². The lowest BCUT2D eigenvalue weighted by Gasteiger charge is -2.12. The fraction of sp³-hybridized carbons (Fsp3) is 0.385. The number of hydrogen-bond donors (Lipinski definition) is 1. The second-order valence-electron chi connectivity index (χ2n) is 5.08. The van der Waals surface area contributed by atoms with Crippen LogP contribution in [-0.2, 0) is 4.79 Å².